The van der Waals surface area contributed by atoms with E-state index in [1.807, 2.05) is 36.4 Å². The predicted molar refractivity (Wildman–Crippen MR) is 171 cm³/mol. The average molecular weight is 639 g/mol. The highest BCUT2D eigenvalue weighted by Gasteiger charge is 2.70. The number of β-lactam (4-membered cyclic amide) rings is 1. The molecule has 1 spiro atoms. The molecule has 10 heteroatoms. The monoisotopic (exact) mass is 638 g/mol. The summed E-state index contributed by atoms with van der Waals surface area (Å²) in [6.07, 6.45) is -0.980. The van der Waals surface area contributed by atoms with Gasteiger partial charge >= 0.3 is 5.97 Å². The highest BCUT2D eigenvalue weighted by Crippen LogP contribution is 2.55. The van der Waals surface area contributed by atoms with Gasteiger partial charge in [-0.15, -0.1) is 0 Å². The molecule has 6 atom stereocenters. The van der Waals surface area contributed by atoms with Crippen LogP contribution >= 0.6 is 11.6 Å². The molecule has 2 saturated heterocycles. The Bertz CT molecular complexity index is 1780. The number of ether oxygens (including phenoxy) is 4. The highest BCUT2D eigenvalue weighted by molar-refractivity contribution is 6.30. The van der Waals surface area contributed by atoms with Gasteiger partial charge in [0.05, 0.1) is 31.2 Å². The number of para-hydroxylation sites is 2. The van der Waals surface area contributed by atoms with Crippen LogP contribution in [0.15, 0.2) is 103 Å². The number of nitrogens with zero attached hydrogens (tertiary/aromatic N) is 1. The van der Waals surface area contributed by atoms with Gasteiger partial charge in [-0.05, 0) is 66.2 Å². The van der Waals surface area contributed by atoms with Crippen molar-refractivity contribution in [1.29, 1.82) is 0 Å². The molecule has 234 valence electrons. The molecule has 0 bridgehead atoms. The van der Waals surface area contributed by atoms with Crippen molar-refractivity contribution in [3.63, 3.8) is 0 Å². The predicted octanol–water partition coefficient (Wildman–Crippen LogP) is 5.07. The van der Waals surface area contributed by atoms with Crippen molar-refractivity contribution in [3.8, 4) is 17.2 Å². The molecule has 7 rings (SSSR count). The molecule has 4 aromatic carbocycles. The lowest BCUT2D eigenvalue weighted by atomic mass is 9.61. The molecule has 4 aromatic rings. The number of carbonyl (C=O) groups excluding carboxylic acids is 3. The van der Waals surface area contributed by atoms with E-state index in [0.717, 1.165) is 0 Å². The SMILES string of the molecule is COC(=O)[C@@H]1N[C@H]([C@H]2[C@H](Oc3ccccc3)C(=O)N2c2ccc(OC)cc2)[C@@]2(COc3ccccc3C2=O)[C@H]1c1ccc(Cl)cc1. The molecule has 9 nitrogen and oxygen atoms in total. The third kappa shape index (κ3) is 4.69. The number of carbonyl (C=O) groups is 3. The molecule has 1 N–H and O–H groups in total. The maximum atomic E-state index is 15.0. The molecule has 0 radical (unpaired) electrons. The van der Waals surface area contributed by atoms with Gasteiger partial charge in [0, 0.05) is 22.7 Å². The fourth-order valence-corrected chi connectivity index (χ4v) is 7.32. The molecular weight excluding hydrogens is 608 g/mol. The van der Waals surface area contributed by atoms with E-state index >= 15 is 4.79 Å². The van der Waals surface area contributed by atoms with Crippen LogP contribution < -0.4 is 24.4 Å². The standard InChI is InChI=1S/C36H31ClN2O7/c1-43-24-18-16-23(17-19-24)39-30(31(34(39)41)46-25-8-4-3-5-9-25)32-36(20-45-27-11-7-6-10-26(27)33(36)40)28(29(38-32)35(42)44-2)21-12-14-22(37)15-13-21/h3-19,28-32,38H,20H2,1-2H3/t28-,29+,30+,31-,32+,36+/m0/s1. The zero-order valence-corrected chi connectivity index (χ0v) is 25.8. The zero-order valence-electron chi connectivity index (χ0n) is 25.1. The first-order valence-corrected chi connectivity index (χ1v) is 15.3. The molecule has 0 saturated carbocycles. The third-order valence-corrected chi connectivity index (χ3v) is 9.55. The van der Waals surface area contributed by atoms with E-state index in [2.05, 4.69) is 5.32 Å². The van der Waals surface area contributed by atoms with Gasteiger partial charge in [-0.3, -0.25) is 19.7 Å². The lowest BCUT2D eigenvalue weighted by Gasteiger charge is -2.53. The van der Waals surface area contributed by atoms with E-state index in [1.165, 1.54) is 7.11 Å². The Hall–Kier alpha value is -4.86. The Labute approximate surface area is 271 Å². The first-order chi connectivity index (χ1) is 22.4. The van der Waals surface area contributed by atoms with E-state index in [0.29, 0.717) is 39.1 Å². The number of fused-ring (bicyclic) bond motifs is 1. The average Bonchev–Trinajstić information content (AvgIpc) is 3.42. The Balaban J connectivity index is 1.42. The van der Waals surface area contributed by atoms with Crippen LogP contribution in [0.25, 0.3) is 0 Å². The summed E-state index contributed by atoms with van der Waals surface area (Å²) in [4.78, 5) is 44.2. The minimum atomic E-state index is -1.37. The smallest absolute Gasteiger partial charge is 0.323 e. The fraction of sp³-hybridized carbons (Fsp3) is 0.250. The van der Waals surface area contributed by atoms with Gasteiger partial charge in [0.25, 0.3) is 5.91 Å². The van der Waals surface area contributed by atoms with Crippen LogP contribution in [0, 0.1) is 5.41 Å². The number of rotatable bonds is 7. The maximum absolute atomic E-state index is 15.0. The van der Waals surface area contributed by atoms with Crippen molar-refractivity contribution in [2.45, 2.75) is 30.1 Å². The normalized spacial score (nSPS) is 26.6. The van der Waals surface area contributed by atoms with Crippen LogP contribution in [-0.4, -0.2) is 62.7 Å². The number of halogens is 1. The number of benzene rings is 4. The lowest BCUT2D eigenvalue weighted by Crippen LogP contribution is -2.76. The van der Waals surface area contributed by atoms with Crippen LogP contribution in [-0.2, 0) is 14.3 Å². The van der Waals surface area contributed by atoms with Crippen molar-refractivity contribution < 1.29 is 33.3 Å². The number of hydrogen-bond donors (Lipinski definition) is 1. The van der Waals surface area contributed by atoms with Crippen molar-refractivity contribution in [2.75, 3.05) is 25.7 Å². The second kappa shape index (κ2) is 11.8. The Morgan fingerprint density at radius 3 is 2.28 bits per heavy atom. The number of methoxy groups -OCH3 is 2. The molecule has 1 amide bonds. The van der Waals surface area contributed by atoms with Crippen LogP contribution in [0.3, 0.4) is 0 Å². The zero-order chi connectivity index (χ0) is 32.0. The highest BCUT2D eigenvalue weighted by atomic mass is 35.5. The summed E-state index contributed by atoms with van der Waals surface area (Å²) in [5.41, 5.74) is 0.324. The number of Topliss-reactive ketones (excluding diaryl/α,β-unsaturated/α-hetero) is 1. The third-order valence-electron chi connectivity index (χ3n) is 9.30. The maximum Gasteiger partial charge on any atom is 0.323 e. The minimum Gasteiger partial charge on any atom is -0.497 e. The molecular formula is C36H31ClN2O7. The first kappa shape index (κ1) is 29.8. The van der Waals surface area contributed by atoms with E-state index in [4.69, 9.17) is 30.5 Å². The van der Waals surface area contributed by atoms with Crippen molar-refractivity contribution in [2.24, 2.45) is 5.41 Å². The second-order valence-electron chi connectivity index (χ2n) is 11.6. The molecule has 0 unspecified atom stereocenters. The van der Waals surface area contributed by atoms with Gasteiger partial charge in [0.15, 0.2) is 11.9 Å². The summed E-state index contributed by atoms with van der Waals surface area (Å²) >= 11 is 6.28. The second-order valence-corrected chi connectivity index (χ2v) is 12.0. The number of anilines is 1. The topological polar surface area (TPSA) is 103 Å². The Morgan fingerprint density at radius 2 is 1.59 bits per heavy atom. The summed E-state index contributed by atoms with van der Waals surface area (Å²) in [5, 5.41) is 3.99. The number of hydrogen-bond acceptors (Lipinski definition) is 8. The first-order valence-electron chi connectivity index (χ1n) is 14.9. The van der Waals surface area contributed by atoms with Crippen molar-refractivity contribution in [1.82, 2.24) is 5.32 Å². The summed E-state index contributed by atoms with van der Waals surface area (Å²) < 4.78 is 23.4. The van der Waals surface area contributed by atoms with Gasteiger partial charge in [0.2, 0.25) is 0 Å². The van der Waals surface area contributed by atoms with E-state index < -0.39 is 41.5 Å². The van der Waals surface area contributed by atoms with E-state index in [9.17, 15) is 9.59 Å². The van der Waals surface area contributed by atoms with Crippen molar-refractivity contribution in [3.05, 3.63) is 119 Å². The van der Waals surface area contributed by atoms with Crippen LogP contribution in [0.5, 0.6) is 17.2 Å². The van der Waals surface area contributed by atoms with Crippen molar-refractivity contribution >= 4 is 34.9 Å². The van der Waals surface area contributed by atoms with Gasteiger partial charge in [0.1, 0.15) is 29.9 Å². The van der Waals surface area contributed by atoms with E-state index in [-0.39, 0.29) is 18.3 Å². The van der Waals surface area contributed by atoms with Gasteiger partial charge in [-0.25, -0.2) is 0 Å². The molecule has 46 heavy (non-hydrogen) atoms. The quantitative estimate of drug-likeness (QED) is 0.221. The summed E-state index contributed by atoms with van der Waals surface area (Å²) in [5.74, 6) is -0.188. The largest absolute Gasteiger partial charge is 0.497 e. The molecule has 3 heterocycles. The van der Waals surface area contributed by atoms with E-state index in [1.54, 1.807) is 78.7 Å². The van der Waals surface area contributed by atoms with Crippen LogP contribution in [0.2, 0.25) is 5.02 Å². The molecule has 3 aliphatic heterocycles. The molecule has 3 aliphatic rings. The minimum absolute atomic E-state index is 0.0551. The molecule has 2 fully saturated rings. The van der Waals surface area contributed by atoms with Gasteiger partial charge in [-0.2, -0.15) is 0 Å². The number of ketones is 1. The molecule has 0 aromatic heterocycles. The van der Waals surface area contributed by atoms with Gasteiger partial charge in [-0.1, -0.05) is 54.1 Å². The molecule has 0 aliphatic carbocycles. The Morgan fingerprint density at radius 1 is 0.891 bits per heavy atom. The number of esters is 1. The van der Waals surface area contributed by atoms with Crippen LogP contribution in [0.1, 0.15) is 21.8 Å². The number of nitrogens with one attached hydrogen (secondary N) is 1. The summed E-state index contributed by atoms with van der Waals surface area (Å²) in [6.45, 7) is -0.0551. The number of amides is 1. The Kier molecular flexibility index (Phi) is 7.66. The van der Waals surface area contributed by atoms with Gasteiger partial charge < -0.3 is 23.8 Å². The lowest BCUT2D eigenvalue weighted by molar-refractivity contribution is -0.143. The summed E-state index contributed by atoms with van der Waals surface area (Å²) in [6, 6.07) is 27.8. The fourth-order valence-electron chi connectivity index (χ4n) is 7.19. The summed E-state index contributed by atoms with van der Waals surface area (Å²) in [7, 11) is 2.88. The van der Waals surface area contributed by atoms with Crippen LogP contribution in [0.4, 0.5) is 5.69 Å².